The van der Waals surface area contributed by atoms with Gasteiger partial charge in [-0.05, 0) is 68.6 Å². The van der Waals surface area contributed by atoms with Gasteiger partial charge in [-0.3, -0.25) is 9.59 Å². The van der Waals surface area contributed by atoms with Crippen LogP contribution in [-0.2, 0) is 16.1 Å². The van der Waals surface area contributed by atoms with E-state index in [2.05, 4.69) is 33.0 Å². The fraction of sp³-hybridized carbons (Fsp3) is 0.440. The first-order valence-corrected chi connectivity index (χ1v) is 11.9. The van der Waals surface area contributed by atoms with E-state index in [4.69, 9.17) is 5.73 Å². The van der Waals surface area contributed by atoms with Crippen molar-refractivity contribution >= 4 is 27.7 Å². The Bertz CT molecular complexity index is 908. The Labute approximate surface area is 192 Å². The van der Waals surface area contributed by atoms with Crippen LogP contribution in [0.5, 0.6) is 0 Å². The Morgan fingerprint density at radius 1 is 1.00 bits per heavy atom. The lowest BCUT2D eigenvalue weighted by atomic mass is 9.77. The molecule has 2 N–H and O–H groups in total. The molecule has 31 heavy (non-hydrogen) atoms. The SMILES string of the molecule is NC(=O)C(CCN1CCC2(CC1)CCN(Cc1ccc(Br)cc1)C2=O)c1ccccc1. The maximum absolute atomic E-state index is 13.2. The molecule has 2 saturated heterocycles. The highest BCUT2D eigenvalue weighted by Crippen LogP contribution is 2.42. The summed E-state index contributed by atoms with van der Waals surface area (Å²) in [6.07, 6.45) is 3.46. The zero-order valence-electron chi connectivity index (χ0n) is 17.8. The van der Waals surface area contributed by atoms with Crippen LogP contribution in [-0.4, -0.2) is 47.8 Å². The zero-order chi connectivity index (χ0) is 21.8. The van der Waals surface area contributed by atoms with Crippen molar-refractivity contribution in [3.8, 4) is 0 Å². The molecule has 1 unspecified atom stereocenters. The van der Waals surface area contributed by atoms with Crippen LogP contribution in [0, 0.1) is 5.41 Å². The summed E-state index contributed by atoms with van der Waals surface area (Å²) in [5, 5.41) is 0. The number of hydrogen-bond donors (Lipinski definition) is 1. The number of piperidine rings is 1. The van der Waals surface area contributed by atoms with Gasteiger partial charge in [0.15, 0.2) is 0 Å². The molecule has 0 saturated carbocycles. The van der Waals surface area contributed by atoms with E-state index < -0.39 is 0 Å². The van der Waals surface area contributed by atoms with E-state index in [1.807, 2.05) is 47.4 Å². The maximum Gasteiger partial charge on any atom is 0.229 e. The third-order valence-corrected chi connectivity index (χ3v) is 7.51. The van der Waals surface area contributed by atoms with Gasteiger partial charge in [-0.1, -0.05) is 58.4 Å². The van der Waals surface area contributed by atoms with Gasteiger partial charge >= 0.3 is 0 Å². The summed E-state index contributed by atoms with van der Waals surface area (Å²) in [6.45, 7) is 4.16. The second kappa shape index (κ2) is 9.53. The molecule has 6 heteroatoms. The van der Waals surface area contributed by atoms with Gasteiger partial charge in [0.1, 0.15) is 0 Å². The van der Waals surface area contributed by atoms with E-state index in [1.54, 1.807) is 0 Å². The quantitative estimate of drug-likeness (QED) is 0.648. The molecule has 0 radical (unpaired) electrons. The second-order valence-electron chi connectivity index (χ2n) is 8.88. The molecule has 0 bridgehead atoms. The minimum absolute atomic E-state index is 0.200. The lowest BCUT2D eigenvalue weighted by Crippen LogP contribution is -2.45. The molecule has 2 aliphatic heterocycles. The Morgan fingerprint density at radius 3 is 2.29 bits per heavy atom. The van der Waals surface area contributed by atoms with Crippen LogP contribution in [0.2, 0.25) is 0 Å². The highest BCUT2D eigenvalue weighted by molar-refractivity contribution is 9.10. The van der Waals surface area contributed by atoms with Crippen LogP contribution in [0.25, 0.3) is 0 Å². The van der Waals surface area contributed by atoms with Crippen LogP contribution >= 0.6 is 15.9 Å². The number of likely N-dealkylation sites (tertiary alicyclic amines) is 2. The van der Waals surface area contributed by atoms with E-state index in [1.165, 1.54) is 5.56 Å². The molecule has 2 fully saturated rings. The third-order valence-electron chi connectivity index (χ3n) is 6.98. The highest BCUT2D eigenvalue weighted by Gasteiger charge is 2.47. The summed E-state index contributed by atoms with van der Waals surface area (Å²) in [7, 11) is 0. The fourth-order valence-corrected chi connectivity index (χ4v) is 5.26. The third kappa shape index (κ3) is 5.01. The Kier molecular flexibility index (Phi) is 6.77. The Morgan fingerprint density at radius 2 is 1.65 bits per heavy atom. The predicted octanol–water partition coefficient (Wildman–Crippen LogP) is 3.92. The monoisotopic (exact) mass is 483 g/mol. The molecule has 0 aliphatic carbocycles. The van der Waals surface area contributed by atoms with Gasteiger partial charge in [0, 0.05) is 17.6 Å². The number of carbonyl (C=O) groups excluding carboxylic acids is 2. The van der Waals surface area contributed by atoms with Crippen molar-refractivity contribution in [2.24, 2.45) is 11.1 Å². The number of benzene rings is 2. The van der Waals surface area contributed by atoms with Crippen molar-refractivity contribution in [1.82, 2.24) is 9.80 Å². The number of rotatable bonds is 7. The number of halogens is 1. The first kappa shape index (κ1) is 22.0. The largest absolute Gasteiger partial charge is 0.369 e. The fourth-order valence-electron chi connectivity index (χ4n) is 4.99. The second-order valence-corrected chi connectivity index (χ2v) is 9.80. The van der Waals surface area contributed by atoms with Gasteiger partial charge in [-0.25, -0.2) is 0 Å². The molecule has 0 aromatic heterocycles. The molecule has 2 aromatic carbocycles. The van der Waals surface area contributed by atoms with Crippen LogP contribution in [0.4, 0.5) is 0 Å². The lowest BCUT2D eigenvalue weighted by Gasteiger charge is -2.38. The van der Waals surface area contributed by atoms with E-state index in [9.17, 15) is 9.59 Å². The van der Waals surface area contributed by atoms with Crippen molar-refractivity contribution in [2.75, 3.05) is 26.2 Å². The van der Waals surface area contributed by atoms with Gasteiger partial charge in [-0.15, -0.1) is 0 Å². The van der Waals surface area contributed by atoms with Crippen LogP contribution in [0.1, 0.15) is 42.7 Å². The van der Waals surface area contributed by atoms with Crippen LogP contribution in [0.3, 0.4) is 0 Å². The highest BCUT2D eigenvalue weighted by atomic mass is 79.9. The summed E-state index contributed by atoms with van der Waals surface area (Å²) in [4.78, 5) is 29.6. The molecule has 5 nitrogen and oxygen atoms in total. The topological polar surface area (TPSA) is 66.6 Å². The van der Waals surface area contributed by atoms with Crippen LogP contribution in [0.15, 0.2) is 59.1 Å². The van der Waals surface area contributed by atoms with Crippen molar-refractivity contribution < 1.29 is 9.59 Å². The predicted molar refractivity (Wildman–Crippen MR) is 125 cm³/mol. The van der Waals surface area contributed by atoms with Gasteiger partial charge in [0.2, 0.25) is 11.8 Å². The minimum atomic E-state index is -0.269. The molecular formula is C25H30BrN3O2. The first-order chi connectivity index (χ1) is 15.0. The van der Waals surface area contributed by atoms with Crippen molar-refractivity contribution in [3.05, 3.63) is 70.2 Å². The zero-order valence-corrected chi connectivity index (χ0v) is 19.4. The summed E-state index contributed by atoms with van der Waals surface area (Å²) in [6, 6.07) is 18.0. The summed E-state index contributed by atoms with van der Waals surface area (Å²) < 4.78 is 1.05. The molecule has 4 rings (SSSR count). The number of primary amides is 1. The number of carbonyl (C=O) groups is 2. The minimum Gasteiger partial charge on any atom is -0.369 e. The maximum atomic E-state index is 13.2. The normalized spacial score (nSPS) is 19.6. The standard InChI is InChI=1S/C25H30BrN3O2/c26-21-8-6-19(7-9-21)18-29-17-13-25(24(29)31)11-15-28(16-12-25)14-10-22(23(27)30)20-4-2-1-3-5-20/h1-9,22H,10-18H2,(H2,27,30). The molecule has 1 spiro atoms. The van der Waals surface area contributed by atoms with Crippen LogP contribution < -0.4 is 5.73 Å². The van der Waals surface area contributed by atoms with Gasteiger partial charge in [0.05, 0.1) is 11.3 Å². The number of amides is 2. The molecule has 164 valence electrons. The number of hydrogen-bond acceptors (Lipinski definition) is 3. The smallest absolute Gasteiger partial charge is 0.229 e. The molecule has 2 aromatic rings. The Hall–Kier alpha value is -2.18. The Balaban J connectivity index is 1.30. The first-order valence-electron chi connectivity index (χ1n) is 11.1. The van der Waals surface area contributed by atoms with Gasteiger partial charge in [0.25, 0.3) is 0 Å². The molecule has 2 amide bonds. The van der Waals surface area contributed by atoms with E-state index in [0.29, 0.717) is 12.5 Å². The van der Waals surface area contributed by atoms with E-state index >= 15 is 0 Å². The summed E-state index contributed by atoms with van der Waals surface area (Å²) >= 11 is 3.46. The van der Waals surface area contributed by atoms with E-state index in [-0.39, 0.29) is 17.2 Å². The van der Waals surface area contributed by atoms with Gasteiger partial charge < -0.3 is 15.5 Å². The van der Waals surface area contributed by atoms with Crippen molar-refractivity contribution in [1.29, 1.82) is 0 Å². The molecule has 2 heterocycles. The van der Waals surface area contributed by atoms with Gasteiger partial charge in [-0.2, -0.15) is 0 Å². The molecule has 2 aliphatic rings. The summed E-state index contributed by atoms with van der Waals surface area (Å²) in [5.74, 6) is -0.213. The average Bonchev–Trinajstić information content (AvgIpc) is 3.07. The van der Waals surface area contributed by atoms with E-state index in [0.717, 1.165) is 61.9 Å². The lowest BCUT2D eigenvalue weighted by molar-refractivity contribution is -0.138. The number of nitrogens with two attached hydrogens (primary N) is 1. The molecule has 1 atom stereocenters. The van der Waals surface area contributed by atoms with Crippen molar-refractivity contribution in [3.63, 3.8) is 0 Å². The summed E-state index contributed by atoms with van der Waals surface area (Å²) in [5.41, 5.74) is 7.63. The average molecular weight is 484 g/mol. The molecular weight excluding hydrogens is 454 g/mol. The number of nitrogens with zero attached hydrogens (tertiary/aromatic N) is 2. The van der Waals surface area contributed by atoms with Crippen molar-refractivity contribution in [2.45, 2.75) is 38.1 Å².